The Balaban J connectivity index is 2.28. The van der Waals surface area contributed by atoms with E-state index in [2.05, 4.69) is 41.8 Å². The minimum Gasteiger partial charge on any atom is -0.306 e. The molecule has 1 N–H and O–H groups in total. The Morgan fingerprint density at radius 1 is 1.32 bits per heavy atom. The van der Waals surface area contributed by atoms with Gasteiger partial charge in [0.05, 0.1) is 16.6 Å². The van der Waals surface area contributed by atoms with Crippen molar-refractivity contribution in [1.29, 1.82) is 0 Å². The molecule has 106 valence electrons. The maximum absolute atomic E-state index is 4.34. The number of likely N-dealkylation sites (N-methyl/N-ethyl adjacent to an activating group) is 1. The molecule has 3 nitrogen and oxygen atoms in total. The molecule has 0 saturated heterocycles. The van der Waals surface area contributed by atoms with Gasteiger partial charge in [0, 0.05) is 0 Å². The highest BCUT2D eigenvalue weighted by Gasteiger charge is 2.23. The van der Waals surface area contributed by atoms with Crippen LogP contribution in [0.2, 0.25) is 0 Å². The summed E-state index contributed by atoms with van der Waals surface area (Å²) < 4.78 is 4.19. The van der Waals surface area contributed by atoms with Gasteiger partial charge in [0.1, 0.15) is 0 Å². The lowest BCUT2D eigenvalue weighted by Gasteiger charge is -2.21. The summed E-state index contributed by atoms with van der Waals surface area (Å²) in [5.74, 6) is 0.446. The summed E-state index contributed by atoms with van der Waals surface area (Å²) in [5.41, 5.74) is 2.72. The third kappa shape index (κ3) is 3.63. The number of aromatic nitrogens is 2. The van der Waals surface area contributed by atoms with Crippen molar-refractivity contribution in [1.82, 2.24) is 14.9 Å². The van der Waals surface area contributed by atoms with Gasteiger partial charge in [-0.15, -0.1) is 5.10 Å². The van der Waals surface area contributed by atoms with Gasteiger partial charge in [-0.1, -0.05) is 43.3 Å². The highest BCUT2D eigenvalue weighted by molar-refractivity contribution is 7.05. The fourth-order valence-electron chi connectivity index (χ4n) is 2.70. The molecule has 0 saturated carbocycles. The molecule has 1 atom stereocenters. The average Bonchev–Trinajstić information content (AvgIpc) is 2.72. The molecular weight excluding hydrogens is 254 g/mol. The quantitative estimate of drug-likeness (QED) is 0.821. The first-order valence-corrected chi connectivity index (χ1v) is 8.25. The van der Waals surface area contributed by atoms with Gasteiger partial charge in [-0.3, -0.25) is 0 Å². The summed E-state index contributed by atoms with van der Waals surface area (Å²) in [6, 6.07) is 0.334. The van der Waals surface area contributed by atoms with E-state index in [4.69, 9.17) is 0 Å². The molecule has 0 amide bonds. The Labute approximate surface area is 120 Å². The van der Waals surface area contributed by atoms with Crippen molar-refractivity contribution in [3.8, 4) is 0 Å². The van der Waals surface area contributed by atoms with Gasteiger partial charge < -0.3 is 5.32 Å². The third-order valence-corrected chi connectivity index (χ3v) is 4.51. The van der Waals surface area contributed by atoms with Crippen LogP contribution >= 0.6 is 11.5 Å². The maximum atomic E-state index is 4.34. The van der Waals surface area contributed by atoms with E-state index >= 15 is 0 Å². The van der Waals surface area contributed by atoms with Crippen LogP contribution < -0.4 is 5.32 Å². The molecule has 0 bridgehead atoms. The van der Waals surface area contributed by atoms with Crippen molar-refractivity contribution in [2.75, 3.05) is 6.54 Å². The first kappa shape index (κ1) is 14.7. The lowest BCUT2D eigenvalue weighted by molar-refractivity contribution is 0.587. The van der Waals surface area contributed by atoms with Crippen LogP contribution in [0.5, 0.6) is 0 Å². The number of hydrogen-bond acceptors (Lipinski definition) is 4. The van der Waals surface area contributed by atoms with Gasteiger partial charge in [-0.05, 0) is 49.7 Å². The van der Waals surface area contributed by atoms with Crippen LogP contribution in [0.15, 0.2) is 11.6 Å². The minimum atomic E-state index is 0.334. The first-order valence-electron chi connectivity index (χ1n) is 7.48. The monoisotopic (exact) mass is 279 g/mol. The zero-order valence-electron chi connectivity index (χ0n) is 12.3. The molecule has 4 heteroatoms. The van der Waals surface area contributed by atoms with E-state index in [9.17, 15) is 0 Å². The predicted molar refractivity (Wildman–Crippen MR) is 81.6 cm³/mol. The van der Waals surface area contributed by atoms with E-state index < -0.39 is 0 Å². The standard InChI is InChI=1S/C15H25N3S/c1-4-16-14(12-9-7-5-6-8-10-12)15-13(11(2)3)17-18-19-15/h9,11,14,16H,4-8,10H2,1-3H3. The zero-order valence-corrected chi connectivity index (χ0v) is 13.1. The van der Waals surface area contributed by atoms with Gasteiger partial charge in [-0.25, -0.2) is 0 Å². The second-order valence-corrected chi connectivity index (χ2v) is 6.33. The Hall–Kier alpha value is -0.740. The molecule has 0 aromatic carbocycles. The van der Waals surface area contributed by atoms with Crippen molar-refractivity contribution < 1.29 is 0 Å². The smallest absolute Gasteiger partial charge is 0.0832 e. The third-order valence-electron chi connectivity index (χ3n) is 3.70. The van der Waals surface area contributed by atoms with Gasteiger partial charge in [0.15, 0.2) is 0 Å². The van der Waals surface area contributed by atoms with Crippen LogP contribution in [0.3, 0.4) is 0 Å². The highest BCUT2D eigenvalue weighted by Crippen LogP contribution is 2.34. The molecular formula is C15H25N3S. The molecule has 1 aromatic rings. The van der Waals surface area contributed by atoms with Crippen molar-refractivity contribution >= 4 is 11.5 Å². The van der Waals surface area contributed by atoms with Crippen molar-refractivity contribution in [3.63, 3.8) is 0 Å². The Morgan fingerprint density at radius 3 is 2.89 bits per heavy atom. The normalized spacial score (nSPS) is 18.2. The number of allylic oxidation sites excluding steroid dienone is 1. The second kappa shape index (κ2) is 7.15. The second-order valence-electron chi connectivity index (χ2n) is 5.55. The summed E-state index contributed by atoms with van der Waals surface area (Å²) in [4.78, 5) is 1.32. The molecule has 19 heavy (non-hydrogen) atoms. The topological polar surface area (TPSA) is 37.8 Å². The highest BCUT2D eigenvalue weighted by atomic mass is 32.1. The first-order chi connectivity index (χ1) is 9.24. The number of nitrogens with zero attached hydrogens (tertiary/aromatic N) is 2. The van der Waals surface area contributed by atoms with E-state index in [0.717, 1.165) is 6.54 Å². The summed E-state index contributed by atoms with van der Waals surface area (Å²) >= 11 is 1.56. The summed E-state index contributed by atoms with van der Waals surface area (Å²) in [6.45, 7) is 7.56. The maximum Gasteiger partial charge on any atom is 0.0832 e. The van der Waals surface area contributed by atoms with Gasteiger partial charge in [-0.2, -0.15) is 0 Å². The fourth-order valence-corrected chi connectivity index (χ4v) is 3.63. The average molecular weight is 279 g/mol. The van der Waals surface area contributed by atoms with Crippen LogP contribution in [0.1, 0.15) is 75.4 Å². The van der Waals surface area contributed by atoms with Gasteiger partial charge >= 0.3 is 0 Å². The predicted octanol–water partition coefficient (Wildman–Crippen LogP) is 4.20. The van der Waals surface area contributed by atoms with Crippen LogP contribution in [-0.4, -0.2) is 16.1 Å². The number of nitrogens with one attached hydrogen (secondary N) is 1. The van der Waals surface area contributed by atoms with Crippen LogP contribution in [-0.2, 0) is 0 Å². The van der Waals surface area contributed by atoms with E-state index in [0.29, 0.717) is 12.0 Å². The minimum absolute atomic E-state index is 0.334. The fraction of sp³-hybridized carbons (Fsp3) is 0.733. The van der Waals surface area contributed by atoms with Crippen LogP contribution in [0.25, 0.3) is 0 Å². The summed E-state index contributed by atoms with van der Waals surface area (Å²) in [6.07, 6.45) is 8.89. The Morgan fingerprint density at radius 2 is 2.16 bits per heavy atom. The number of hydrogen-bond donors (Lipinski definition) is 1. The summed E-state index contributed by atoms with van der Waals surface area (Å²) in [5, 5.41) is 7.98. The van der Waals surface area contributed by atoms with Crippen LogP contribution in [0, 0.1) is 0 Å². The van der Waals surface area contributed by atoms with E-state index in [-0.39, 0.29) is 0 Å². The van der Waals surface area contributed by atoms with E-state index in [1.54, 1.807) is 17.1 Å². The molecule has 0 spiro atoms. The largest absolute Gasteiger partial charge is 0.306 e. The Bertz CT molecular complexity index is 423. The molecule has 1 aliphatic rings. The molecule has 1 heterocycles. The molecule has 0 aliphatic heterocycles. The molecule has 0 fully saturated rings. The summed E-state index contributed by atoms with van der Waals surface area (Å²) in [7, 11) is 0. The van der Waals surface area contributed by atoms with Crippen LogP contribution in [0.4, 0.5) is 0 Å². The Kier molecular flexibility index (Phi) is 5.52. The number of rotatable bonds is 5. The van der Waals surface area contributed by atoms with Gasteiger partial charge in [0.25, 0.3) is 0 Å². The molecule has 1 unspecified atom stereocenters. The molecule has 1 aromatic heterocycles. The van der Waals surface area contributed by atoms with E-state index in [1.807, 2.05) is 0 Å². The van der Waals surface area contributed by atoms with Crippen molar-refractivity contribution in [2.24, 2.45) is 0 Å². The van der Waals surface area contributed by atoms with Crippen molar-refractivity contribution in [3.05, 3.63) is 22.2 Å². The lowest BCUT2D eigenvalue weighted by atomic mass is 9.97. The van der Waals surface area contributed by atoms with E-state index in [1.165, 1.54) is 42.7 Å². The molecule has 1 aliphatic carbocycles. The zero-order chi connectivity index (χ0) is 13.7. The van der Waals surface area contributed by atoms with Gasteiger partial charge in [0.2, 0.25) is 0 Å². The molecule has 0 radical (unpaired) electrons. The van der Waals surface area contributed by atoms with Crippen molar-refractivity contribution in [2.45, 2.75) is 64.8 Å². The SMILES string of the molecule is CCNC(C1=CCCCCC1)c1snnc1C(C)C. The lowest BCUT2D eigenvalue weighted by Crippen LogP contribution is -2.23. The molecule has 2 rings (SSSR count).